The molecule has 0 spiro atoms. The van der Waals surface area contributed by atoms with Crippen LogP contribution in [0.3, 0.4) is 0 Å². The molecule has 176 valence electrons. The molecule has 1 aliphatic rings. The Kier molecular flexibility index (Phi) is 6.33. The van der Waals surface area contributed by atoms with Crippen molar-refractivity contribution in [3.8, 4) is 11.5 Å². The Balaban J connectivity index is 1.39. The molecule has 1 aliphatic carbocycles. The first-order valence-corrected chi connectivity index (χ1v) is 11.6. The van der Waals surface area contributed by atoms with Gasteiger partial charge in [-0.25, -0.2) is 0 Å². The van der Waals surface area contributed by atoms with Crippen LogP contribution < -0.4 is 9.47 Å². The first-order valence-electron chi connectivity index (χ1n) is 11.6. The SMILES string of the molecule is COc1ccc(C=Cc2ccc3c(c2)C(=O)c2ccc(C=Cc4ccc(OC)cc4)cc2C3=O)cc1. The monoisotopic (exact) mass is 472 g/mol. The summed E-state index contributed by atoms with van der Waals surface area (Å²) < 4.78 is 10.4. The second kappa shape index (κ2) is 9.88. The zero-order chi connectivity index (χ0) is 25.1. The van der Waals surface area contributed by atoms with Gasteiger partial charge in [0, 0.05) is 22.3 Å². The summed E-state index contributed by atoms with van der Waals surface area (Å²) in [4.78, 5) is 26.6. The smallest absolute Gasteiger partial charge is 0.194 e. The maximum atomic E-state index is 13.3. The number of ether oxygens (including phenoxy) is 2. The number of fused-ring (bicyclic) bond motifs is 2. The fraction of sp³-hybridized carbons (Fsp3) is 0.0625. The molecule has 0 saturated carbocycles. The zero-order valence-corrected chi connectivity index (χ0v) is 20.0. The van der Waals surface area contributed by atoms with Crippen LogP contribution in [-0.4, -0.2) is 25.8 Å². The molecule has 0 fully saturated rings. The van der Waals surface area contributed by atoms with Crippen LogP contribution in [0.1, 0.15) is 54.1 Å². The molecule has 4 heteroatoms. The van der Waals surface area contributed by atoms with Crippen LogP contribution in [0.4, 0.5) is 0 Å². The van der Waals surface area contributed by atoms with Crippen LogP contribution in [0.5, 0.6) is 11.5 Å². The van der Waals surface area contributed by atoms with E-state index in [4.69, 9.17) is 9.47 Å². The Bertz CT molecular complexity index is 1390. The van der Waals surface area contributed by atoms with Crippen LogP contribution in [0.15, 0.2) is 84.9 Å². The predicted octanol–water partition coefficient (Wildman–Crippen LogP) is 6.82. The van der Waals surface area contributed by atoms with Crippen molar-refractivity contribution in [1.29, 1.82) is 0 Å². The number of carbonyl (C=O) groups excluding carboxylic acids is 2. The quantitative estimate of drug-likeness (QED) is 0.255. The summed E-state index contributed by atoms with van der Waals surface area (Å²) in [6.45, 7) is 0. The molecule has 0 N–H and O–H groups in total. The molecular formula is C32H24O4. The molecule has 0 saturated heterocycles. The third-order valence-corrected chi connectivity index (χ3v) is 6.23. The van der Waals surface area contributed by atoms with E-state index >= 15 is 0 Å². The van der Waals surface area contributed by atoms with E-state index in [2.05, 4.69) is 0 Å². The summed E-state index contributed by atoms with van der Waals surface area (Å²) in [5.41, 5.74) is 5.47. The lowest BCUT2D eigenvalue weighted by molar-refractivity contribution is 0.0979. The molecule has 0 heterocycles. The maximum Gasteiger partial charge on any atom is 0.194 e. The lowest BCUT2D eigenvalue weighted by Gasteiger charge is -2.18. The van der Waals surface area contributed by atoms with Crippen molar-refractivity contribution in [2.45, 2.75) is 0 Å². The third kappa shape index (κ3) is 4.62. The number of hydrogen-bond acceptors (Lipinski definition) is 4. The van der Waals surface area contributed by atoms with Gasteiger partial charge in [-0.15, -0.1) is 0 Å². The van der Waals surface area contributed by atoms with Crippen molar-refractivity contribution >= 4 is 35.9 Å². The van der Waals surface area contributed by atoms with Gasteiger partial charge in [0.1, 0.15) is 11.5 Å². The van der Waals surface area contributed by atoms with Gasteiger partial charge in [0.2, 0.25) is 0 Å². The molecule has 0 radical (unpaired) electrons. The fourth-order valence-electron chi connectivity index (χ4n) is 4.21. The second-order valence-corrected chi connectivity index (χ2v) is 8.48. The molecular weight excluding hydrogens is 448 g/mol. The van der Waals surface area contributed by atoms with E-state index in [-0.39, 0.29) is 11.6 Å². The summed E-state index contributed by atoms with van der Waals surface area (Å²) in [7, 11) is 3.27. The summed E-state index contributed by atoms with van der Waals surface area (Å²) >= 11 is 0. The highest BCUT2D eigenvalue weighted by molar-refractivity contribution is 6.28. The molecule has 4 aromatic rings. The highest BCUT2D eigenvalue weighted by Gasteiger charge is 2.29. The van der Waals surface area contributed by atoms with Gasteiger partial charge in [-0.2, -0.15) is 0 Å². The second-order valence-electron chi connectivity index (χ2n) is 8.48. The molecule has 0 amide bonds. The van der Waals surface area contributed by atoms with Crippen LogP contribution in [0.2, 0.25) is 0 Å². The summed E-state index contributed by atoms with van der Waals surface area (Å²) in [5, 5.41) is 0. The fourth-order valence-corrected chi connectivity index (χ4v) is 4.21. The molecule has 0 atom stereocenters. The Morgan fingerprint density at radius 1 is 0.444 bits per heavy atom. The van der Waals surface area contributed by atoms with E-state index in [1.54, 1.807) is 38.5 Å². The van der Waals surface area contributed by atoms with Gasteiger partial charge in [-0.1, -0.05) is 60.7 Å². The highest BCUT2D eigenvalue weighted by Crippen LogP contribution is 2.30. The predicted molar refractivity (Wildman–Crippen MR) is 144 cm³/mol. The van der Waals surface area contributed by atoms with E-state index < -0.39 is 0 Å². The number of methoxy groups -OCH3 is 2. The average molecular weight is 473 g/mol. The minimum atomic E-state index is -0.134. The normalized spacial score (nSPS) is 12.6. The van der Waals surface area contributed by atoms with Gasteiger partial charge in [-0.3, -0.25) is 9.59 Å². The molecule has 0 unspecified atom stereocenters. The van der Waals surface area contributed by atoms with Crippen molar-refractivity contribution < 1.29 is 19.1 Å². The summed E-state index contributed by atoms with van der Waals surface area (Å²) in [6.07, 6.45) is 7.79. The average Bonchev–Trinajstić information content (AvgIpc) is 2.94. The van der Waals surface area contributed by atoms with Gasteiger partial charge in [-0.05, 0) is 70.8 Å². The van der Waals surface area contributed by atoms with Crippen LogP contribution >= 0.6 is 0 Å². The number of hydrogen-bond donors (Lipinski definition) is 0. The van der Waals surface area contributed by atoms with E-state index in [1.165, 1.54) is 0 Å². The minimum Gasteiger partial charge on any atom is -0.497 e. The van der Waals surface area contributed by atoms with Gasteiger partial charge in [0.05, 0.1) is 14.2 Å². The number of rotatable bonds is 6. The van der Waals surface area contributed by atoms with E-state index in [9.17, 15) is 9.59 Å². The molecule has 0 aliphatic heterocycles. The summed E-state index contributed by atoms with van der Waals surface area (Å²) in [6, 6.07) is 26.2. The van der Waals surface area contributed by atoms with Crippen molar-refractivity contribution in [2.24, 2.45) is 0 Å². The molecule has 4 nitrogen and oxygen atoms in total. The van der Waals surface area contributed by atoms with Crippen molar-refractivity contribution in [3.05, 3.63) is 129 Å². The molecule has 4 aromatic carbocycles. The zero-order valence-electron chi connectivity index (χ0n) is 20.0. The van der Waals surface area contributed by atoms with E-state index in [1.807, 2.05) is 85.0 Å². The Labute approximate surface area is 210 Å². The Morgan fingerprint density at radius 3 is 1.14 bits per heavy atom. The Morgan fingerprint density at radius 2 is 0.778 bits per heavy atom. The lowest BCUT2D eigenvalue weighted by atomic mass is 9.82. The topological polar surface area (TPSA) is 52.6 Å². The van der Waals surface area contributed by atoms with Crippen LogP contribution in [0.25, 0.3) is 24.3 Å². The van der Waals surface area contributed by atoms with Gasteiger partial charge < -0.3 is 9.47 Å². The maximum absolute atomic E-state index is 13.3. The van der Waals surface area contributed by atoms with Gasteiger partial charge in [0.15, 0.2) is 11.6 Å². The standard InChI is InChI=1S/C32H24O4/c1-35-25-13-7-21(8-14-25)3-5-23-11-17-27-29(19-23)31(33)28-18-12-24(20-30(28)32(27)34)6-4-22-9-15-26(36-2)16-10-22/h3-20H,1-2H3. The van der Waals surface area contributed by atoms with Crippen molar-refractivity contribution in [3.63, 3.8) is 0 Å². The molecule has 36 heavy (non-hydrogen) atoms. The number of benzene rings is 4. The Hall–Kier alpha value is -4.70. The number of ketones is 2. The number of carbonyl (C=O) groups is 2. The first-order chi connectivity index (χ1) is 17.6. The largest absolute Gasteiger partial charge is 0.497 e. The first kappa shape index (κ1) is 23.1. The lowest BCUT2D eigenvalue weighted by Crippen LogP contribution is -2.21. The minimum absolute atomic E-state index is 0.134. The summed E-state index contributed by atoms with van der Waals surface area (Å²) in [5.74, 6) is 1.32. The molecule has 0 bridgehead atoms. The molecule has 5 rings (SSSR count). The van der Waals surface area contributed by atoms with Gasteiger partial charge >= 0.3 is 0 Å². The van der Waals surface area contributed by atoms with Crippen molar-refractivity contribution in [2.75, 3.05) is 14.2 Å². The van der Waals surface area contributed by atoms with Gasteiger partial charge in [0.25, 0.3) is 0 Å². The van der Waals surface area contributed by atoms with E-state index in [0.717, 1.165) is 33.8 Å². The van der Waals surface area contributed by atoms with E-state index in [0.29, 0.717) is 22.3 Å². The highest BCUT2D eigenvalue weighted by atomic mass is 16.5. The van der Waals surface area contributed by atoms with Crippen LogP contribution in [-0.2, 0) is 0 Å². The van der Waals surface area contributed by atoms with Crippen molar-refractivity contribution in [1.82, 2.24) is 0 Å². The van der Waals surface area contributed by atoms with Crippen LogP contribution in [0, 0.1) is 0 Å². The third-order valence-electron chi connectivity index (χ3n) is 6.23. The molecule has 0 aromatic heterocycles.